The fraction of sp³-hybridized carbons (Fsp3) is 0.680. The van der Waals surface area contributed by atoms with E-state index in [1.54, 1.807) is 0 Å². The Morgan fingerprint density at radius 3 is 2.27 bits per heavy atom. The molecular formula is C25H33NO4. The first-order valence-corrected chi connectivity index (χ1v) is 11.7. The van der Waals surface area contributed by atoms with Crippen LogP contribution >= 0.6 is 0 Å². The number of benzene rings is 1. The third-order valence-electron chi connectivity index (χ3n) is 7.90. The minimum atomic E-state index is -0.412. The van der Waals surface area contributed by atoms with Gasteiger partial charge < -0.3 is 14.4 Å². The smallest absolute Gasteiger partial charge is 0.328 e. The van der Waals surface area contributed by atoms with E-state index in [1.165, 1.54) is 24.8 Å². The number of hydrogen-bond donors (Lipinski definition) is 0. The number of rotatable bonds is 6. The van der Waals surface area contributed by atoms with E-state index in [-0.39, 0.29) is 23.9 Å². The maximum Gasteiger partial charge on any atom is 0.328 e. The highest BCUT2D eigenvalue weighted by Gasteiger charge is 2.56. The largest absolute Gasteiger partial charge is 0.490 e. The van der Waals surface area contributed by atoms with Gasteiger partial charge in [-0.1, -0.05) is 17.7 Å². The third-order valence-corrected chi connectivity index (χ3v) is 7.90. The molecule has 5 nitrogen and oxygen atoms in total. The molecule has 4 bridgehead atoms. The first kappa shape index (κ1) is 19.9. The summed E-state index contributed by atoms with van der Waals surface area (Å²) in [4.78, 5) is 28.3. The second kappa shape index (κ2) is 7.90. The summed E-state index contributed by atoms with van der Waals surface area (Å²) < 4.78 is 11.2. The van der Waals surface area contributed by atoms with Gasteiger partial charge in [0.05, 0.1) is 5.41 Å². The SMILES string of the molecule is Cc1ccc(OCCOC(=O)[C@@H]2CCCN2C(=O)C23CC4CC(CC(C4)C2)C3)cc1. The van der Waals surface area contributed by atoms with Gasteiger partial charge in [-0.2, -0.15) is 0 Å². The Kier molecular flexibility index (Phi) is 5.24. The van der Waals surface area contributed by atoms with Crippen LogP contribution in [-0.2, 0) is 14.3 Å². The van der Waals surface area contributed by atoms with Crippen molar-refractivity contribution in [1.82, 2.24) is 4.90 Å². The molecule has 1 aromatic rings. The molecule has 0 spiro atoms. The molecule has 0 unspecified atom stereocenters. The lowest BCUT2D eigenvalue weighted by Crippen LogP contribution is -2.56. The molecule has 1 amide bonds. The molecule has 1 saturated heterocycles. The van der Waals surface area contributed by atoms with Gasteiger partial charge in [-0.05, 0) is 88.2 Å². The second-order valence-electron chi connectivity index (χ2n) is 10.2. The molecule has 1 heterocycles. The van der Waals surface area contributed by atoms with Crippen molar-refractivity contribution < 1.29 is 19.1 Å². The van der Waals surface area contributed by atoms with Gasteiger partial charge in [0, 0.05) is 6.54 Å². The van der Waals surface area contributed by atoms with E-state index in [9.17, 15) is 9.59 Å². The van der Waals surface area contributed by atoms with Gasteiger partial charge in [0.15, 0.2) is 0 Å². The van der Waals surface area contributed by atoms with Crippen LogP contribution in [0.2, 0.25) is 0 Å². The molecule has 1 aliphatic heterocycles. The van der Waals surface area contributed by atoms with Crippen LogP contribution in [0.1, 0.15) is 56.9 Å². The van der Waals surface area contributed by atoms with E-state index in [1.807, 2.05) is 36.1 Å². The highest BCUT2D eigenvalue weighted by molar-refractivity contribution is 5.89. The number of nitrogens with zero attached hydrogens (tertiary/aromatic N) is 1. The maximum absolute atomic E-state index is 13.6. The van der Waals surface area contributed by atoms with E-state index < -0.39 is 6.04 Å². The molecule has 5 aliphatic rings. The van der Waals surface area contributed by atoms with E-state index >= 15 is 0 Å². The zero-order valence-electron chi connectivity index (χ0n) is 18.0. The summed E-state index contributed by atoms with van der Waals surface area (Å²) >= 11 is 0. The summed E-state index contributed by atoms with van der Waals surface area (Å²) in [6, 6.07) is 7.41. The predicted octanol–water partition coefficient (Wildman–Crippen LogP) is 4.12. The Labute approximate surface area is 179 Å². The van der Waals surface area contributed by atoms with Gasteiger partial charge in [-0.15, -0.1) is 0 Å². The van der Waals surface area contributed by atoms with E-state index in [0.717, 1.165) is 55.6 Å². The van der Waals surface area contributed by atoms with Crippen molar-refractivity contribution in [2.75, 3.05) is 19.8 Å². The molecular weight excluding hydrogens is 378 g/mol. The highest BCUT2D eigenvalue weighted by Crippen LogP contribution is 2.60. The number of hydrogen-bond acceptors (Lipinski definition) is 4. The van der Waals surface area contributed by atoms with Crippen LogP contribution in [0.5, 0.6) is 5.75 Å². The van der Waals surface area contributed by atoms with Crippen LogP contribution in [-0.4, -0.2) is 42.6 Å². The minimum Gasteiger partial charge on any atom is -0.490 e. The third kappa shape index (κ3) is 3.72. The number of esters is 1. The fourth-order valence-corrected chi connectivity index (χ4v) is 6.96. The lowest BCUT2D eigenvalue weighted by atomic mass is 9.49. The molecule has 0 N–H and O–H groups in total. The fourth-order valence-electron chi connectivity index (χ4n) is 6.96. The van der Waals surface area contributed by atoms with Crippen molar-refractivity contribution >= 4 is 11.9 Å². The quantitative estimate of drug-likeness (QED) is 0.522. The summed E-state index contributed by atoms with van der Waals surface area (Å²) in [5.41, 5.74) is 0.991. The number of carbonyl (C=O) groups excluding carboxylic acids is 2. The van der Waals surface area contributed by atoms with Crippen LogP contribution < -0.4 is 4.74 Å². The molecule has 6 rings (SSSR count). The molecule has 30 heavy (non-hydrogen) atoms. The average Bonchev–Trinajstić information content (AvgIpc) is 3.20. The number of carbonyl (C=O) groups is 2. The number of amides is 1. The van der Waals surface area contributed by atoms with Crippen LogP contribution in [0.15, 0.2) is 24.3 Å². The molecule has 1 aromatic carbocycles. The summed E-state index contributed by atoms with van der Waals surface area (Å²) in [7, 11) is 0. The molecule has 4 aliphatic carbocycles. The van der Waals surface area contributed by atoms with Crippen molar-refractivity contribution in [3.63, 3.8) is 0 Å². The molecule has 5 heteroatoms. The van der Waals surface area contributed by atoms with E-state index in [4.69, 9.17) is 9.47 Å². The summed E-state index contributed by atoms with van der Waals surface area (Å²) in [5, 5.41) is 0. The lowest BCUT2D eigenvalue weighted by Gasteiger charge is -2.56. The number of aryl methyl sites for hydroxylation is 1. The lowest BCUT2D eigenvalue weighted by molar-refractivity contribution is -0.165. The Balaban J connectivity index is 1.16. The molecule has 4 saturated carbocycles. The van der Waals surface area contributed by atoms with Crippen molar-refractivity contribution in [3.05, 3.63) is 29.8 Å². The van der Waals surface area contributed by atoms with Gasteiger partial charge in [0.1, 0.15) is 25.0 Å². The Hall–Kier alpha value is -2.04. The Morgan fingerprint density at radius 2 is 1.63 bits per heavy atom. The monoisotopic (exact) mass is 411 g/mol. The molecule has 0 radical (unpaired) electrons. The summed E-state index contributed by atoms with van der Waals surface area (Å²) in [6.45, 7) is 3.26. The van der Waals surface area contributed by atoms with Crippen LogP contribution in [0, 0.1) is 30.1 Å². The molecule has 0 aromatic heterocycles. The zero-order valence-corrected chi connectivity index (χ0v) is 18.0. The number of ether oxygens (including phenoxy) is 2. The van der Waals surface area contributed by atoms with Crippen LogP contribution in [0.4, 0.5) is 0 Å². The summed E-state index contributed by atoms with van der Waals surface area (Å²) in [6.07, 6.45) is 8.69. The van der Waals surface area contributed by atoms with Crippen LogP contribution in [0.25, 0.3) is 0 Å². The van der Waals surface area contributed by atoms with Crippen molar-refractivity contribution in [2.45, 2.75) is 64.3 Å². The van der Waals surface area contributed by atoms with Gasteiger partial charge in [0.25, 0.3) is 0 Å². The Morgan fingerprint density at radius 1 is 1.00 bits per heavy atom. The average molecular weight is 412 g/mol. The highest BCUT2D eigenvalue weighted by atomic mass is 16.6. The molecule has 162 valence electrons. The first-order chi connectivity index (χ1) is 14.5. The van der Waals surface area contributed by atoms with Crippen molar-refractivity contribution in [2.24, 2.45) is 23.2 Å². The normalized spacial score (nSPS) is 34.2. The van der Waals surface area contributed by atoms with Crippen molar-refractivity contribution in [3.8, 4) is 5.75 Å². The van der Waals surface area contributed by atoms with Gasteiger partial charge in [-0.3, -0.25) is 4.79 Å². The zero-order chi connectivity index (χ0) is 20.7. The van der Waals surface area contributed by atoms with Gasteiger partial charge in [-0.25, -0.2) is 4.79 Å². The van der Waals surface area contributed by atoms with Gasteiger partial charge in [0.2, 0.25) is 5.91 Å². The van der Waals surface area contributed by atoms with Crippen LogP contribution in [0.3, 0.4) is 0 Å². The number of likely N-dealkylation sites (tertiary alicyclic amines) is 1. The standard InChI is InChI=1S/C25H33NO4/c1-17-4-6-21(7-5-17)29-9-10-30-23(27)22-3-2-8-26(22)24(28)25-14-18-11-19(15-25)13-20(12-18)16-25/h4-7,18-20,22H,2-3,8-16H2,1H3/t18?,19?,20?,22-,25?/m0/s1. The maximum atomic E-state index is 13.6. The summed E-state index contributed by atoms with van der Waals surface area (Å²) in [5.74, 6) is 2.94. The molecule has 5 fully saturated rings. The molecule has 1 atom stereocenters. The second-order valence-corrected chi connectivity index (χ2v) is 10.2. The van der Waals surface area contributed by atoms with E-state index in [2.05, 4.69) is 0 Å². The predicted molar refractivity (Wildman–Crippen MR) is 113 cm³/mol. The first-order valence-electron chi connectivity index (χ1n) is 11.7. The topological polar surface area (TPSA) is 55.8 Å². The Bertz CT molecular complexity index is 767. The van der Waals surface area contributed by atoms with E-state index in [0.29, 0.717) is 13.2 Å². The van der Waals surface area contributed by atoms with Gasteiger partial charge >= 0.3 is 5.97 Å². The van der Waals surface area contributed by atoms with Crippen molar-refractivity contribution in [1.29, 1.82) is 0 Å². The minimum absolute atomic E-state index is 0.188.